The summed E-state index contributed by atoms with van der Waals surface area (Å²) in [6, 6.07) is 5.58. The molecular weight excluding hydrogens is 740 g/mol. The summed E-state index contributed by atoms with van der Waals surface area (Å²) in [7, 11) is 1.38. The number of likely N-dealkylation sites (tertiary alicyclic amines) is 1. The number of ether oxygens (including phenoxy) is 1. The number of anilines is 1. The van der Waals surface area contributed by atoms with Gasteiger partial charge in [0.05, 0.1) is 28.5 Å². The maximum absolute atomic E-state index is 14.6. The fourth-order valence-electron chi connectivity index (χ4n) is 5.34. The molecule has 282 valence electrons. The normalized spacial score (nSPS) is 17.7. The second-order valence-corrected chi connectivity index (χ2v) is 11.9. The molecule has 5 rings (SSSR count). The number of rotatable bonds is 8. The molecule has 0 saturated carbocycles. The van der Waals surface area contributed by atoms with Crippen molar-refractivity contribution in [1.82, 2.24) is 25.1 Å². The first-order valence-corrected chi connectivity index (χ1v) is 15.6. The molecule has 0 spiro atoms. The molecule has 1 aromatic heterocycles. The van der Waals surface area contributed by atoms with Crippen LogP contribution in [0.15, 0.2) is 36.5 Å². The third kappa shape index (κ3) is 9.46. The fourth-order valence-corrected chi connectivity index (χ4v) is 5.61. The number of alkyl halides is 6. The Morgan fingerprint density at radius 1 is 1.06 bits per heavy atom. The average Bonchev–Trinajstić information content (AvgIpc) is 3.67. The topological polar surface area (TPSA) is 155 Å². The molecule has 3 aromatic rings. The van der Waals surface area contributed by atoms with E-state index in [0.29, 0.717) is 32.5 Å². The van der Waals surface area contributed by atoms with Crippen molar-refractivity contribution in [3.05, 3.63) is 64.6 Å². The molecule has 52 heavy (non-hydrogen) atoms. The summed E-state index contributed by atoms with van der Waals surface area (Å²) < 4.78 is 104. The lowest BCUT2D eigenvalue weighted by Crippen LogP contribution is -2.47. The van der Waals surface area contributed by atoms with Gasteiger partial charge in [-0.25, -0.2) is 18.6 Å². The number of carbonyl (C=O) groups excluding carboxylic acids is 3. The van der Waals surface area contributed by atoms with Crippen LogP contribution in [0.1, 0.15) is 33.8 Å². The van der Waals surface area contributed by atoms with Crippen LogP contribution in [0.25, 0.3) is 11.3 Å². The highest BCUT2D eigenvalue weighted by Gasteiger charge is 2.38. The van der Waals surface area contributed by atoms with Crippen LogP contribution in [0.4, 0.5) is 40.8 Å². The van der Waals surface area contributed by atoms with Gasteiger partial charge >= 0.3 is 18.8 Å². The van der Waals surface area contributed by atoms with Crippen molar-refractivity contribution in [2.75, 3.05) is 31.5 Å². The second kappa shape index (κ2) is 16.6. The number of nitrogens with zero attached hydrogens (tertiary/aromatic N) is 3. The zero-order valence-corrected chi connectivity index (χ0v) is 27.5. The highest BCUT2D eigenvalue weighted by molar-refractivity contribution is 6.34. The third-order valence-corrected chi connectivity index (χ3v) is 8.36. The van der Waals surface area contributed by atoms with E-state index in [9.17, 15) is 49.5 Å². The first-order chi connectivity index (χ1) is 24.4. The summed E-state index contributed by atoms with van der Waals surface area (Å²) in [5.41, 5.74) is 0.0615. The Morgan fingerprint density at radius 2 is 1.71 bits per heavy atom. The van der Waals surface area contributed by atoms with Crippen molar-refractivity contribution >= 4 is 41.0 Å². The Kier molecular flexibility index (Phi) is 12.7. The van der Waals surface area contributed by atoms with Gasteiger partial charge in [-0.05, 0) is 43.2 Å². The minimum atomic E-state index is -5.08. The third-order valence-electron chi connectivity index (χ3n) is 8.05. The Morgan fingerprint density at radius 3 is 2.27 bits per heavy atom. The minimum absolute atomic E-state index is 0.0115. The SMILES string of the molecule is Cn1c(-c2ccc(OC(F)F)c(F)c2F)cnc1C(=O)Nc1ccc(C(=O)N2CCC(C(=O)N[C@H]3CNC[C@H]3F)CC2)c(Cl)c1.O=C(O)C(F)(F)F. The molecule has 3 heterocycles. The summed E-state index contributed by atoms with van der Waals surface area (Å²) in [6.07, 6.45) is -4.28. The number of hydrogen-bond acceptors (Lipinski definition) is 7. The molecule has 0 bridgehead atoms. The zero-order chi connectivity index (χ0) is 38.5. The number of nitrogens with one attached hydrogen (secondary N) is 3. The van der Waals surface area contributed by atoms with Crippen LogP contribution in [-0.2, 0) is 16.6 Å². The molecule has 3 amide bonds. The van der Waals surface area contributed by atoms with Gasteiger partial charge in [-0.1, -0.05) is 11.6 Å². The number of carboxylic acids is 1. The predicted octanol–water partition coefficient (Wildman–Crippen LogP) is 4.78. The quantitative estimate of drug-likeness (QED) is 0.239. The largest absolute Gasteiger partial charge is 0.490 e. The Bertz CT molecular complexity index is 1820. The highest BCUT2D eigenvalue weighted by Crippen LogP contribution is 2.31. The van der Waals surface area contributed by atoms with Crippen LogP contribution in [0.5, 0.6) is 5.75 Å². The molecule has 2 aliphatic rings. The molecule has 21 heteroatoms. The van der Waals surface area contributed by atoms with E-state index < -0.39 is 54.3 Å². The molecule has 2 saturated heterocycles. The first-order valence-electron chi connectivity index (χ1n) is 15.2. The summed E-state index contributed by atoms with van der Waals surface area (Å²) in [5, 5.41) is 15.4. The molecule has 2 fully saturated rings. The van der Waals surface area contributed by atoms with E-state index in [-0.39, 0.29) is 57.6 Å². The number of halogens is 9. The van der Waals surface area contributed by atoms with Gasteiger partial charge in [0.2, 0.25) is 11.7 Å². The van der Waals surface area contributed by atoms with Gasteiger partial charge in [-0.2, -0.15) is 26.3 Å². The van der Waals surface area contributed by atoms with Crippen LogP contribution >= 0.6 is 11.6 Å². The minimum Gasteiger partial charge on any atom is -0.475 e. The van der Waals surface area contributed by atoms with Crippen molar-refractivity contribution < 1.29 is 64.1 Å². The lowest BCUT2D eigenvalue weighted by atomic mass is 9.95. The summed E-state index contributed by atoms with van der Waals surface area (Å²) >= 11 is 6.39. The van der Waals surface area contributed by atoms with Crippen LogP contribution in [-0.4, -0.2) is 94.4 Å². The van der Waals surface area contributed by atoms with Crippen LogP contribution in [0.3, 0.4) is 0 Å². The van der Waals surface area contributed by atoms with Gasteiger partial charge in [-0.15, -0.1) is 0 Å². The van der Waals surface area contributed by atoms with Crippen LogP contribution in [0.2, 0.25) is 5.02 Å². The molecular formula is C31H29ClF8N6O6. The van der Waals surface area contributed by atoms with Gasteiger partial charge in [0.1, 0.15) is 6.17 Å². The molecule has 2 atom stereocenters. The summed E-state index contributed by atoms with van der Waals surface area (Å²) in [4.78, 5) is 53.1. The summed E-state index contributed by atoms with van der Waals surface area (Å²) in [6.45, 7) is -2.15. The van der Waals surface area contributed by atoms with E-state index in [1.807, 2.05) is 0 Å². The number of amides is 3. The maximum atomic E-state index is 14.6. The standard InChI is InChI=1S/C29H28ClF5N6O4.C2HF3O2/c1-40-21(17-4-5-22(45-29(34)35)24(33)23(17)32)13-37-25(40)27(43)38-15-2-3-16(18(30)10-15)28(44)41-8-6-14(7-9-41)26(42)39-20-12-36-11-19(20)31;3-2(4,5)1(6)7/h2-5,10,13-14,19-20,29,36H,6-9,11-12H2,1H3,(H,38,43)(H,39,42);(H,6,7)/t19-,20+;/m1./s1. The summed E-state index contributed by atoms with van der Waals surface area (Å²) in [5.74, 6) is -8.64. The van der Waals surface area contributed by atoms with Gasteiger partial charge < -0.3 is 35.3 Å². The molecule has 0 aliphatic carbocycles. The van der Waals surface area contributed by atoms with E-state index in [2.05, 4.69) is 25.7 Å². The number of carboxylic acid groups (broad SMARTS) is 1. The van der Waals surface area contributed by atoms with E-state index >= 15 is 0 Å². The van der Waals surface area contributed by atoms with E-state index in [0.717, 1.165) is 18.3 Å². The Balaban J connectivity index is 0.000000785. The first kappa shape index (κ1) is 39.8. The predicted molar refractivity (Wildman–Crippen MR) is 167 cm³/mol. The lowest BCUT2D eigenvalue weighted by Gasteiger charge is -2.32. The van der Waals surface area contributed by atoms with Gasteiger partial charge in [0, 0.05) is 50.4 Å². The second-order valence-electron chi connectivity index (χ2n) is 11.5. The van der Waals surface area contributed by atoms with Crippen molar-refractivity contribution in [2.24, 2.45) is 13.0 Å². The number of hydrogen-bond donors (Lipinski definition) is 4. The molecule has 2 aliphatic heterocycles. The molecule has 12 nitrogen and oxygen atoms in total. The monoisotopic (exact) mass is 768 g/mol. The van der Waals surface area contributed by atoms with Gasteiger partial charge in [0.25, 0.3) is 11.8 Å². The number of aliphatic carboxylic acids is 1. The number of aromatic nitrogens is 2. The lowest BCUT2D eigenvalue weighted by molar-refractivity contribution is -0.192. The molecule has 0 unspecified atom stereocenters. The van der Waals surface area contributed by atoms with Crippen LogP contribution < -0.4 is 20.7 Å². The van der Waals surface area contributed by atoms with Gasteiger partial charge in [-0.3, -0.25) is 14.4 Å². The van der Waals surface area contributed by atoms with E-state index in [1.54, 1.807) is 4.90 Å². The number of benzene rings is 2. The smallest absolute Gasteiger partial charge is 0.475 e. The zero-order valence-electron chi connectivity index (χ0n) is 26.7. The van der Waals surface area contributed by atoms with Crippen LogP contribution in [0, 0.1) is 17.6 Å². The van der Waals surface area contributed by atoms with Crippen molar-refractivity contribution in [3.63, 3.8) is 0 Å². The van der Waals surface area contributed by atoms with Gasteiger partial charge in [0.15, 0.2) is 17.4 Å². The number of imidazole rings is 1. The number of carbonyl (C=O) groups is 4. The molecule has 0 radical (unpaired) electrons. The number of piperidine rings is 1. The maximum Gasteiger partial charge on any atom is 0.490 e. The van der Waals surface area contributed by atoms with Crippen molar-refractivity contribution in [1.29, 1.82) is 0 Å². The Hall–Kier alpha value is -4.98. The van der Waals surface area contributed by atoms with Crippen molar-refractivity contribution in [3.8, 4) is 17.0 Å². The molecule has 4 N–H and O–H groups in total. The highest BCUT2D eigenvalue weighted by atomic mass is 35.5. The van der Waals surface area contributed by atoms with Crippen molar-refractivity contribution in [2.45, 2.75) is 37.8 Å². The van der Waals surface area contributed by atoms with E-state index in [4.69, 9.17) is 21.5 Å². The average molecular weight is 769 g/mol. The van der Waals surface area contributed by atoms with E-state index in [1.165, 1.54) is 29.8 Å². The molecule has 2 aromatic carbocycles. The fraction of sp³-hybridized carbons (Fsp3) is 0.387. The Labute approximate surface area is 294 Å².